The van der Waals surface area contributed by atoms with Gasteiger partial charge < -0.3 is 19.6 Å². The quantitative estimate of drug-likeness (QED) is 0.837. The first-order valence-corrected chi connectivity index (χ1v) is 5.91. The van der Waals surface area contributed by atoms with E-state index in [-0.39, 0.29) is 12.4 Å². The summed E-state index contributed by atoms with van der Waals surface area (Å²) in [6.07, 6.45) is 0. The first kappa shape index (κ1) is 13.7. The number of rotatable bonds is 6. The highest BCUT2D eigenvalue weighted by molar-refractivity contribution is 5.93. The molecule has 0 fully saturated rings. The van der Waals surface area contributed by atoms with Crippen molar-refractivity contribution in [1.82, 2.24) is 5.32 Å². The number of amides is 1. The monoisotopic (exact) mass is 275 g/mol. The highest BCUT2D eigenvalue weighted by atomic mass is 16.5. The largest absolute Gasteiger partial charge is 0.486 e. The highest BCUT2D eigenvalue weighted by Gasteiger charge is 2.12. The van der Waals surface area contributed by atoms with Crippen LogP contribution in [-0.2, 0) is 11.4 Å². The zero-order valence-electron chi connectivity index (χ0n) is 10.5. The van der Waals surface area contributed by atoms with Crippen molar-refractivity contribution in [3.8, 4) is 5.75 Å². The van der Waals surface area contributed by atoms with E-state index in [9.17, 15) is 9.59 Å². The van der Waals surface area contributed by atoms with Gasteiger partial charge in [-0.2, -0.15) is 0 Å². The first-order chi connectivity index (χ1) is 9.65. The van der Waals surface area contributed by atoms with E-state index in [2.05, 4.69) is 5.32 Å². The lowest BCUT2D eigenvalue weighted by Gasteiger charge is -2.03. The normalized spacial score (nSPS) is 10.0. The molecular formula is C14H13NO5. The number of hydrogen-bond acceptors (Lipinski definition) is 4. The second-order valence-electron chi connectivity index (χ2n) is 3.94. The summed E-state index contributed by atoms with van der Waals surface area (Å²) in [6.45, 7) is -0.258. The number of ether oxygens (including phenoxy) is 1. The van der Waals surface area contributed by atoms with Gasteiger partial charge in [0.25, 0.3) is 5.91 Å². The number of furan rings is 1. The third kappa shape index (κ3) is 3.88. The Labute approximate surface area is 115 Å². The Morgan fingerprint density at radius 2 is 1.90 bits per heavy atom. The minimum Gasteiger partial charge on any atom is -0.486 e. The van der Waals surface area contributed by atoms with Crippen LogP contribution in [0.3, 0.4) is 0 Å². The van der Waals surface area contributed by atoms with Crippen LogP contribution in [0.25, 0.3) is 0 Å². The Balaban J connectivity index is 1.89. The van der Waals surface area contributed by atoms with Crippen LogP contribution in [0.5, 0.6) is 5.75 Å². The SMILES string of the molecule is O=C(O)CNC(=O)c1ccc(COc2ccccc2)o1. The van der Waals surface area contributed by atoms with Crippen LogP contribution < -0.4 is 10.1 Å². The Morgan fingerprint density at radius 3 is 2.60 bits per heavy atom. The van der Waals surface area contributed by atoms with Crippen molar-refractivity contribution < 1.29 is 23.8 Å². The molecule has 6 nitrogen and oxygen atoms in total. The molecule has 2 aromatic rings. The maximum absolute atomic E-state index is 11.5. The molecule has 0 aliphatic rings. The molecule has 2 N–H and O–H groups in total. The second-order valence-corrected chi connectivity index (χ2v) is 3.94. The minimum absolute atomic E-state index is 0.0536. The van der Waals surface area contributed by atoms with Crippen LogP contribution in [-0.4, -0.2) is 23.5 Å². The van der Waals surface area contributed by atoms with Crippen LogP contribution in [0.4, 0.5) is 0 Å². The number of benzene rings is 1. The fourth-order valence-corrected chi connectivity index (χ4v) is 1.49. The zero-order chi connectivity index (χ0) is 14.4. The van der Waals surface area contributed by atoms with Gasteiger partial charge in [-0.3, -0.25) is 9.59 Å². The van der Waals surface area contributed by atoms with Gasteiger partial charge in [-0.1, -0.05) is 18.2 Å². The average Bonchev–Trinajstić information content (AvgIpc) is 2.92. The smallest absolute Gasteiger partial charge is 0.322 e. The maximum Gasteiger partial charge on any atom is 0.322 e. The zero-order valence-corrected chi connectivity index (χ0v) is 10.5. The summed E-state index contributed by atoms with van der Waals surface area (Å²) in [6, 6.07) is 12.3. The lowest BCUT2D eigenvalue weighted by molar-refractivity contribution is -0.135. The van der Waals surface area contributed by atoms with Crippen molar-refractivity contribution in [3.05, 3.63) is 54.0 Å². The van der Waals surface area contributed by atoms with E-state index >= 15 is 0 Å². The van der Waals surface area contributed by atoms with Crippen molar-refractivity contribution in [2.75, 3.05) is 6.54 Å². The molecule has 0 bridgehead atoms. The Hall–Kier alpha value is -2.76. The Kier molecular flexibility index (Phi) is 4.39. The minimum atomic E-state index is -1.11. The van der Waals surface area contributed by atoms with E-state index in [0.29, 0.717) is 11.5 Å². The molecule has 0 aliphatic carbocycles. The second kappa shape index (κ2) is 6.42. The molecule has 2 rings (SSSR count). The van der Waals surface area contributed by atoms with Gasteiger partial charge in [0.2, 0.25) is 0 Å². The van der Waals surface area contributed by atoms with E-state index in [1.54, 1.807) is 6.07 Å². The maximum atomic E-state index is 11.5. The Morgan fingerprint density at radius 1 is 1.15 bits per heavy atom. The summed E-state index contributed by atoms with van der Waals surface area (Å²) in [7, 11) is 0. The lowest BCUT2D eigenvalue weighted by Crippen LogP contribution is -2.28. The van der Waals surface area contributed by atoms with E-state index in [1.165, 1.54) is 6.07 Å². The summed E-state index contributed by atoms with van der Waals surface area (Å²) in [5, 5.41) is 10.7. The lowest BCUT2D eigenvalue weighted by atomic mass is 10.3. The number of carboxylic acid groups (broad SMARTS) is 1. The number of aliphatic carboxylic acids is 1. The topological polar surface area (TPSA) is 88.8 Å². The van der Waals surface area contributed by atoms with Gasteiger partial charge in [0.15, 0.2) is 5.76 Å². The highest BCUT2D eigenvalue weighted by Crippen LogP contribution is 2.13. The van der Waals surface area contributed by atoms with Crippen molar-refractivity contribution in [2.24, 2.45) is 0 Å². The standard InChI is InChI=1S/C14H13NO5/c16-13(17)8-15-14(18)12-7-6-11(20-12)9-19-10-4-2-1-3-5-10/h1-7H,8-9H2,(H,15,18)(H,16,17). The third-order valence-corrected chi connectivity index (χ3v) is 2.41. The average molecular weight is 275 g/mol. The predicted molar refractivity (Wildman–Crippen MR) is 69.5 cm³/mol. The molecule has 0 radical (unpaired) electrons. The van der Waals surface area contributed by atoms with Crippen LogP contribution >= 0.6 is 0 Å². The van der Waals surface area contributed by atoms with Crippen LogP contribution in [0, 0.1) is 0 Å². The predicted octanol–water partition coefficient (Wildman–Crippen LogP) is 1.67. The van der Waals surface area contributed by atoms with Crippen LogP contribution in [0.2, 0.25) is 0 Å². The van der Waals surface area contributed by atoms with Crippen LogP contribution in [0.1, 0.15) is 16.3 Å². The van der Waals surface area contributed by atoms with E-state index < -0.39 is 18.4 Å². The molecule has 20 heavy (non-hydrogen) atoms. The molecule has 0 atom stereocenters. The van der Waals surface area contributed by atoms with Gasteiger partial charge in [0, 0.05) is 0 Å². The van der Waals surface area contributed by atoms with E-state index in [1.807, 2.05) is 30.3 Å². The van der Waals surface area contributed by atoms with E-state index in [4.69, 9.17) is 14.3 Å². The molecule has 1 heterocycles. The molecular weight excluding hydrogens is 262 g/mol. The summed E-state index contributed by atoms with van der Waals surface area (Å²) in [4.78, 5) is 21.9. The number of carboxylic acids is 1. The number of nitrogens with one attached hydrogen (secondary N) is 1. The van der Waals surface area contributed by atoms with Gasteiger partial charge in [-0.25, -0.2) is 0 Å². The number of hydrogen-bond donors (Lipinski definition) is 2. The fourth-order valence-electron chi connectivity index (χ4n) is 1.49. The summed E-state index contributed by atoms with van der Waals surface area (Å²) in [5.41, 5.74) is 0. The van der Waals surface area contributed by atoms with Gasteiger partial charge in [-0.05, 0) is 24.3 Å². The molecule has 0 unspecified atom stereocenters. The Bertz CT molecular complexity index is 591. The molecule has 0 saturated carbocycles. The molecule has 104 valence electrons. The molecule has 1 aromatic carbocycles. The van der Waals surface area contributed by atoms with Gasteiger partial charge >= 0.3 is 5.97 Å². The molecule has 0 saturated heterocycles. The van der Waals surface area contributed by atoms with Crippen molar-refractivity contribution >= 4 is 11.9 Å². The number of carbonyl (C=O) groups excluding carboxylic acids is 1. The van der Waals surface area contributed by atoms with Crippen molar-refractivity contribution in [3.63, 3.8) is 0 Å². The molecule has 1 amide bonds. The molecule has 1 aromatic heterocycles. The summed E-state index contributed by atoms with van der Waals surface area (Å²) >= 11 is 0. The van der Waals surface area contributed by atoms with Crippen LogP contribution in [0.15, 0.2) is 46.9 Å². The van der Waals surface area contributed by atoms with Gasteiger partial charge in [-0.15, -0.1) is 0 Å². The molecule has 0 aliphatic heterocycles. The number of carbonyl (C=O) groups is 2. The van der Waals surface area contributed by atoms with Crippen molar-refractivity contribution in [2.45, 2.75) is 6.61 Å². The fraction of sp³-hybridized carbons (Fsp3) is 0.143. The summed E-state index contributed by atoms with van der Waals surface area (Å²) < 4.78 is 10.7. The van der Waals surface area contributed by atoms with Crippen molar-refractivity contribution in [1.29, 1.82) is 0 Å². The summed E-state index contributed by atoms with van der Waals surface area (Å²) in [5.74, 6) is -0.455. The third-order valence-electron chi connectivity index (χ3n) is 2.41. The molecule has 0 spiro atoms. The van der Waals surface area contributed by atoms with Gasteiger partial charge in [0.05, 0.1) is 0 Å². The van der Waals surface area contributed by atoms with E-state index in [0.717, 1.165) is 0 Å². The van der Waals surface area contributed by atoms with Gasteiger partial charge in [0.1, 0.15) is 24.7 Å². The number of para-hydroxylation sites is 1. The first-order valence-electron chi connectivity index (χ1n) is 5.91. The molecule has 6 heteroatoms.